The number of thiazole rings is 1. The van der Waals surface area contributed by atoms with E-state index in [1.807, 2.05) is 26.3 Å². The minimum atomic E-state index is -2.21. The van der Waals surface area contributed by atoms with Crippen LogP contribution in [0.1, 0.15) is 70.0 Å². The quantitative estimate of drug-likeness (QED) is 0.241. The zero-order valence-electron chi connectivity index (χ0n) is 29.5. The van der Waals surface area contributed by atoms with Crippen molar-refractivity contribution in [2.45, 2.75) is 90.2 Å². The summed E-state index contributed by atoms with van der Waals surface area (Å²) in [5.41, 5.74) is 4.92. The first-order chi connectivity index (χ1) is 22.6. The van der Waals surface area contributed by atoms with Gasteiger partial charge in [0.1, 0.15) is 12.0 Å². The number of benzene rings is 1. The third kappa shape index (κ3) is 8.19. The standard InChI is InChI=1S/C35H51N5O6SSi/c1-22(2)31(29-18-30(41)38-45-29)34(43)40-19-26(46-48(7,8)35(4,5)6)17-28(40)33(42)37-27(20-39-13-15-44-16-14-39)24-9-11-25(12-10-24)32-23(3)36-21-47-32/h9-12,18,21-22,26-28,31H,13-17,19-20H2,1-8H3,(H,37,42)(H,38,41)/t26?,27-,28?,31+/m0/s1. The number of carbonyl (C=O) groups excluding carboxylic acids is 2. The number of hydrogen-bond acceptors (Lipinski definition) is 10. The molecule has 2 amide bonds. The molecular formula is C35H51N5O6SSi. The molecule has 0 spiro atoms. The molecule has 2 saturated heterocycles. The molecule has 11 nitrogen and oxygen atoms in total. The zero-order valence-corrected chi connectivity index (χ0v) is 31.3. The number of aromatic hydroxyl groups is 1. The Morgan fingerprint density at radius 2 is 1.85 bits per heavy atom. The van der Waals surface area contributed by atoms with Gasteiger partial charge in [0.05, 0.1) is 41.4 Å². The normalized spacial score (nSPS) is 20.6. The van der Waals surface area contributed by atoms with E-state index in [1.54, 1.807) is 16.2 Å². The number of hydrogen-bond donors (Lipinski definition) is 2. The molecule has 0 radical (unpaired) electrons. The third-order valence-electron chi connectivity index (χ3n) is 10.1. The number of carbonyl (C=O) groups is 2. The number of rotatable bonds is 11. The summed E-state index contributed by atoms with van der Waals surface area (Å²) in [5, 5.41) is 16.9. The molecule has 262 valence electrons. The summed E-state index contributed by atoms with van der Waals surface area (Å²) in [6.07, 6.45) is 0.103. The van der Waals surface area contributed by atoms with E-state index >= 15 is 0 Å². The number of aryl methyl sites for hydroxylation is 1. The maximum Gasteiger partial charge on any atom is 0.251 e. The highest BCUT2D eigenvalue weighted by Gasteiger charge is 2.48. The molecule has 2 aliphatic rings. The van der Waals surface area contributed by atoms with Crippen molar-refractivity contribution in [1.82, 2.24) is 25.3 Å². The SMILES string of the molecule is Cc1ncsc1-c1ccc([C@H](CN2CCOCC2)NC(=O)C2CC(O[Si](C)(C)C(C)(C)C)CN2C(=O)[C@@H](c2cc(O)no2)C(C)C)cc1. The average molecular weight is 698 g/mol. The van der Waals surface area contributed by atoms with E-state index in [4.69, 9.17) is 13.7 Å². The monoisotopic (exact) mass is 697 g/mol. The minimum absolute atomic E-state index is 0.0346. The lowest BCUT2D eigenvalue weighted by Crippen LogP contribution is -2.50. The van der Waals surface area contributed by atoms with Gasteiger partial charge in [-0.05, 0) is 47.3 Å². The van der Waals surface area contributed by atoms with E-state index < -0.39 is 20.3 Å². The summed E-state index contributed by atoms with van der Waals surface area (Å²) in [7, 11) is -2.21. The average Bonchev–Trinajstić information content (AvgIpc) is 3.76. The van der Waals surface area contributed by atoms with Gasteiger partial charge in [-0.25, -0.2) is 4.98 Å². The van der Waals surface area contributed by atoms with Crippen LogP contribution in [0.5, 0.6) is 5.88 Å². The fourth-order valence-electron chi connectivity index (χ4n) is 6.30. The van der Waals surface area contributed by atoms with Gasteiger partial charge in [0.25, 0.3) is 5.88 Å². The molecule has 48 heavy (non-hydrogen) atoms. The molecule has 5 rings (SSSR count). The Morgan fingerprint density at radius 3 is 2.42 bits per heavy atom. The predicted molar refractivity (Wildman–Crippen MR) is 188 cm³/mol. The van der Waals surface area contributed by atoms with E-state index in [2.05, 4.69) is 78.5 Å². The topological polar surface area (TPSA) is 130 Å². The maximum absolute atomic E-state index is 14.5. The number of nitrogens with zero attached hydrogens (tertiary/aromatic N) is 4. The van der Waals surface area contributed by atoms with Crippen LogP contribution < -0.4 is 5.32 Å². The van der Waals surface area contributed by atoms with Crippen LogP contribution in [-0.2, 0) is 18.8 Å². The fourth-order valence-corrected chi connectivity index (χ4v) is 8.47. The van der Waals surface area contributed by atoms with E-state index in [1.165, 1.54) is 6.07 Å². The summed E-state index contributed by atoms with van der Waals surface area (Å²) in [6, 6.07) is 8.66. The fraction of sp³-hybridized carbons (Fsp3) is 0.600. The van der Waals surface area contributed by atoms with Gasteiger partial charge in [-0.1, -0.05) is 58.9 Å². The van der Waals surface area contributed by atoms with Gasteiger partial charge >= 0.3 is 0 Å². The minimum Gasteiger partial charge on any atom is -0.491 e. The molecule has 2 N–H and O–H groups in total. The highest BCUT2D eigenvalue weighted by Crippen LogP contribution is 2.40. The van der Waals surface area contributed by atoms with Crippen LogP contribution in [0.25, 0.3) is 10.4 Å². The number of morpholine rings is 1. The predicted octanol–water partition coefficient (Wildman–Crippen LogP) is 5.73. The van der Waals surface area contributed by atoms with E-state index in [9.17, 15) is 14.7 Å². The van der Waals surface area contributed by atoms with Gasteiger partial charge in [0.2, 0.25) is 11.8 Å². The van der Waals surface area contributed by atoms with Crippen LogP contribution in [0.3, 0.4) is 0 Å². The van der Waals surface area contributed by atoms with E-state index in [0.717, 1.165) is 34.8 Å². The van der Waals surface area contributed by atoms with E-state index in [-0.39, 0.29) is 46.6 Å². The van der Waals surface area contributed by atoms with Crippen molar-refractivity contribution in [2.75, 3.05) is 39.4 Å². The lowest BCUT2D eigenvalue weighted by atomic mass is 9.91. The number of nitrogens with one attached hydrogen (secondary N) is 1. The van der Waals surface area contributed by atoms with Crippen LogP contribution in [0, 0.1) is 12.8 Å². The first-order valence-corrected chi connectivity index (χ1v) is 20.7. The second-order valence-corrected chi connectivity index (χ2v) is 20.5. The lowest BCUT2D eigenvalue weighted by molar-refractivity contribution is -0.141. The first kappa shape index (κ1) is 36.2. The van der Waals surface area contributed by atoms with Gasteiger partial charge in [-0.2, -0.15) is 0 Å². The molecule has 2 aliphatic heterocycles. The van der Waals surface area contributed by atoms with Crippen LogP contribution in [0.4, 0.5) is 0 Å². The van der Waals surface area contributed by atoms with Crippen molar-refractivity contribution in [3.63, 3.8) is 0 Å². The van der Waals surface area contributed by atoms with Gasteiger partial charge in [-0.15, -0.1) is 11.3 Å². The summed E-state index contributed by atoms with van der Waals surface area (Å²) >= 11 is 1.61. The van der Waals surface area contributed by atoms with Crippen molar-refractivity contribution in [1.29, 1.82) is 0 Å². The summed E-state index contributed by atoms with van der Waals surface area (Å²) in [6.45, 7) is 20.6. The van der Waals surface area contributed by atoms with Crippen LogP contribution in [0.15, 0.2) is 40.4 Å². The summed E-state index contributed by atoms with van der Waals surface area (Å²) in [4.78, 5) is 38.3. The van der Waals surface area contributed by atoms with E-state index in [0.29, 0.717) is 32.7 Å². The Hall–Kier alpha value is -3.10. The molecule has 0 saturated carbocycles. The Labute approximate surface area is 289 Å². The number of amides is 2. The molecule has 4 heterocycles. The molecule has 0 bridgehead atoms. The largest absolute Gasteiger partial charge is 0.491 e. The Morgan fingerprint density at radius 1 is 1.17 bits per heavy atom. The van der Waals surface area contributed by atoms with Crippen LogP contribution >= 0.6 is 11.3 Å². The third-order valence-corrected chi connectivity index (χ3v) is 15.6. The summed E-state index contributed by atoms with van der Waals surface area (Å²) in [5.74, 6) is -1.33. The Balaban J connectivity index is 1.44. The van der Waals surface area contributed by atoms with Gasteiger partial charge in [0, 0.05) is 38.7 Å². The molecule has 13 heteroatoms. The zero-order chi connectivity index (χ0) is 34.8. The molecule has 1 aromatic carbocycles. The first-order valence-electron chi connectivity index (χ1n) is 16.9. The highest BCUT2D eigenvalue weighted by molar-refractivity contribution is 7.13. The van der Waals surface area contributed by atoms with Crippen molar-refractivity contribution in [3.05, 3.63) is 52.9 Å². The molecule has 2 unspecified atom stereocenters. The molecule has 4 atom stereocenters. The van der Waals surface area contributed by atoms with Gasteiger partial charge in [-0.3, -0.25) is 14.5 Å². The second-order valence-electron chi connectivity index (χ2n) is 14.9. The van der Waals surface area contributed by atoms with Crippen LogP contribution in [-0.4, -0.2) is 96.7 Å². The van der Waals surface area contributed by atoms with Crippen molar-refractivity contribution in [2.24, 2.45) is 5.92 Å². The van der Waals surface area contributed by atoms with Crippen molar-refractivity contribution in [3.8, 4) is 16.3 Å². The second kappa shape index (κ2) is 14.8. The molecular weight excluding hydrogens is 647 g/mol. The smallest absolute Gasteiger partial charge is 0.251 e. The number of ether oxygens (including phenoxy) is 1. The number of aromatic nitrogens is 2. The van der Waals surface area contributed by atoms with Crippen LogP contribution in [0.2, 0.25) is 18.1 Å². The Kier molecular flexibility index (Phi) is 11.2. The number of likely N-dealkylation sites (tertiary alicyclic amines) is 1. The van der Waals surface area contributed by atoms with Gasteiger partial charge < -0.3 is 29.0 Å². The summed E-state index contributed by atoms with van der Waals surface area (Å²) < 4.78 is 17.8. The Bertz CT molecular complexity index is 1540. The van der Waals surface area contributed by atoms with Gasteiger partial charge in [0.15, 0.2) is 14.1 Å². The van der Waals surface area contributed by atoms with Crippen molar-refractivity contribution >= 4 is 31.5 Å². The molecule has 0 aliphatic carbocycles. The van der Waals surface area contributed by atoms with Crippen molar-refractivity contribution < 1.29 is 28.4 Å². The molecule has 2 aromatic heterocycles. The lowest BCUT2D eigenvalue weighted by Gasteiger charge is -2.38. The molecule has 3 aromatic rings. The molecule has 2 fully saturated rings. The maximum atomic E-state index is 14.5. The highest BCUT2D eigenvalue weighted by atomic mass is 32.1.